The van der Waals surface area contributed by atoms with Crippen LogP contribution in [0.25, 0.3) is 0 Å². The summed E-state index contributed by atoms with van der Waals surface area (Å²) in [6, 6.07) is 4.80. The first kappa shape index (κ1) is 14.1. The van der Waals surface area contributed by atoms with E-state index in [1.165, 1.54) is 12.1 Å². The van der Waals surface area contributed by atoms with Crippen LogP contribution in [0, 0.1) is 11.2 Å². The second-order valence-electron chi connectivity index (χ2n) is 4.80. The number of nitrogens with one attached hydrogen (secondary N) is 1. The largest absolute Gasteiger partial charge is 0.240 e. The molecule has 0 amide bonds. The highest BCUT2D eigenvalue weighted by Crippen LogP contribution is 2.19. The fraction of sp³-hybridized carbons (Fsp3) is 0.500. The van der Waals surface area contributed by atoms with E-state index in [2.05, 4.69) is 4.72 Å². The van der Waals surface area contributed by atoms with Crippen molar-refractivity contribution in [3.05, 3.63) is 30.1 Å². The molecule has 0 radical (unpaired) electrons. The molecule has 0 spiro atoms. The van der Waals surface area contributed by atoms with Crippen molar-refractivity contribution in [3.8, 4) is 0 Å². The lowest BCUT2D eigenvalue weighted by Gasteiger charge is -2.22. The van der Waals surface area contributed by atoms with Crippen LogP contribution in [0.3, 0.4) is 0 Å². The van der Waals surface area contributed by atoms with Crippen LogP contribution in [0.5, 0.6) is 0 Å². The molecule has 0 aliphatic carbocycles. The average molecular weight is 259 g/mol. The number of sulfonamides is 1. The van der Waals surface area contributed by atoms with E-state index < -0.39 is 15.8 Å². The lowest BCUT2D eigenvalue weighted by molar-refractivity contribution is 0.350. The van der Waals surface area contributed by atoms with Gasteiger partial charge in [0.15, 0.2) is 0 Å². The summed E-state index contributed by atoms with van der Waals surface area (Å²) >= 11 is 0. The molecular weight excluding hydrogens is 241 g/mol. The van der Waals surface area contributed by atoms with E-state index in [0.29, 0.717) is 6.54 Å². The van der Waals surface area contributed by atoms with Gasteiger partial charge in [-0.15, -0.1) is 0 Å². The highest BCUT2D eigenvalue weighted by atomic mass is 32.2. The molecule has 0 fully saturated rings. The van der Waals surface area contributed by atoms with E-state index in [-0.39, 0.29) is 10.3 Å². The molecule has 0 bridgehead atoms. The number of hydrogen-bond acceptors (Lipinski definition) is 2. The van der Waals surface area contributed by atoms with Crippen LogP contribution in [0.15, 0.2) is 29.2 Å². The molecule has 1 rings (SSSR count). The minimum absolute atomic E-state index is 0.0887. The molecular formula is C12H18FNO2S. The molecule has 0 aliphatic heterocycles. The molecule has 96 valence electrons. The van der Waals surface area contributed by atoms with Gasteiger partial charge in [-0.25, -0.2) is 17.5 Å². The molecule has 5 heteroatoms. The second-order valence-corrected chi connectivity index (χ2v) is 6.56. The third kappa shape index (κ3) is 4.09. The first-order valence-electron chi connectivity index (χ1n) is 5.52. The molecule has 0 saturated heterocycles. The van der Waals surface area contributed by atoms with Gasteiger partial charge in [0, 0.05) is 6.54 Å². The van der Waals surface area contributed by atoms with Gasteiger partial charge in [0.1, 0.15) is 5.82 Å². The molecule has 0 atom stereocenters. The number of hydrogen-bond donors (Lipinski definition) is 1. The molecule has 1 N–H and O–H groups in total. The predicted octanol–water partition coefficient (Wildman–Crippen LogP) is 2.54. The Balaban J connectivity index is 2.79. The Kier molecular flexibility index (Phi) is 4.27. The minimum Gasteiger partial charge on any atom is -0.211 e. The average Bonchev–Trinajstić information content (AvgIpc) is 2.27. The third-order valence-corrected chi connectivity index (χ3v) is 4.24. The van der Waals surface area contributed by atoms with Crippen molar-refractivity contribution in [3.63, 3.8) is 0 Å². The van der Waals surface area contributed by atoms with Crippen LogP contribution in [-0.2, 0) is 10.0 Å². The Morgan fingerprint density at radius 3 is 2.24 bits per heavy atom. The molecule has 0 aromatic heterocycles. The van der Waals surface area contributed by atoms with E-state index in [9.17, 15) is 12.8 Å². The van der Waals surface area contributed by atoms with Crippen molar-refractivity contribution in [2.75, 3.05) is 6.54 Å². The highest BCUT2D eigenvalue weighted by Gasteiger charge is 2.20. The van der Waals surface area contributed by atoms with Gasteiger partial charge >= 0.3 is 0 Å². The summed E-state index contributed by atoms with van der Waals surface area (Å²) in [5, 5.41) is 0. The Morgan fingerprint density at radius 2 is 1.76 bits per heavy atom. The molecule has 3 nitrogen and oxygen atoms in total. The first-order chi connectivity index (χ1) is 7.77. The van der Waals surface area contributed by atoms with E-state index in [1.54, 1.807) is 0 Å². The fourth-order valence-electron chi connectivity index (χ4n) is 1.11. The summed E-state index contributed by atoms with van der Waals surface area (Å²) in [4.78, 5) is 0.0887. The maximum atomic E-state index is 12.7. The van der Waals surface area contributed by atoms with Crippen molar-refractivity contribution in [1.29, 1.82) is 0 Å². The van der Waals surface area contributed by atoms with E-state index in [4.69, 9.17) is 0 Å². The number of benzene rings is 1. The van der Waals surface area contributed by atoms with Gasteiger partial charge in [-0.3, -0.25) is 0 Å². The van der Waals surface area contributed by atoms with E-state index in [0.717, 1.165) is 18.6 Å². The first-order valence-corrected chi connectivity index (χ1v) is 7.00. The monoisotopic (exact) mass is 259 g/mol. The van der Waals surface area contributed by atoms with Gasteiger partial charge in [-0.2, -0.15) is 0 Å². The topological polar surface area (TPSA) is 46.2 Å². The van der Waals surface area contributed by atoms with Gasteiger partial charge in [0.05, 0.1) is 4.90 Å². The quantitative estimate of drug-likeness (QED) is 0.883. The second kappa shape index (κ2) is 5.14. The van der Waals surface area contributed by atoms with Crippen LogP contribution in [0.1, 0.15) is 27.2 Å². The molecule has 0 unspecified atom stereocenters. The zero-order valence-electron chi connectivity index (χ0n) is 10.3. The molecule has 0 heterocycles. The lowest BCUT2D eigenvalue weighted by Crippen LogP contribution is -2.33. The summed E-state index contributed by atoms with van der Waals surface area (Å²) in [5.41, 5.74) is -0.0902. The van der Waals surface area contributed by atoms with Crippen LogP contribution >= 0.6 is 0 Å². The summed E-state index contributed by atoms with van der Waals surface area (Å²) in [5.74, 6) is -0.446. The Labute approximate surface area is 102 Å². The standard InChI is InChI=1S/C12H18FNO2S/c1-4-12(2,3)9-14-17(15,16)11-7-5-10(13)6-8-11/h5-8,14H,4,9H2,1-3H3. The molecule has 1 aromatic rings. The summed E-state index contributed by atoms with van der Waals surface area (Å²) in [6.07, 6.45) is 0.874. The SMILES string of the molecule is CCC(C)(C)CNS(=O)(=O)c1ccc(F)cc1. The van der Waals surface area contributed by atoms with Crippen LogP contribution in [0.4, 0.5) is 4.39 Å². The predicted molar refractivity (Wildman–Crippen MR) is 65.7 cm³/mol. The molecule has 1 aromatic carbocycles. The van der Waals surface area contributed by atoms with E-state index in [1.807, 2.05) is 20.8 Å². The van der Waals surface area contributed by atoms with Gasteiger partial charge in [0.25, 0.3) is 0 Å². The Morgan fingerprint density at radius 1 is 1.24 bits per heavy atom. The van der Waals surface area contributed by atoms with E-state index >= 15 is 0 Å². The number of rotatable bonds is 5. The zero-order chi connectivity index (χ0) is 13.1. The highest BCUT2D eigenvalue weighted by molar-refractivity contribution is 7.89. The molecule has 17 heavy (non-hydrogen) atoms. The normalized spacial score (nSPS) is 12.7. The van der Waals surface area contributed by atoms with Crippen molar-refractivity contribution >= 4 is 10.0 Å². The summed E-state index contributed by atoms with van der Waals surface area (Å²) in [7, 11) is -3.54. The zero-order valence-corrected chi connectivity index (χ0v) is 11.1. The maximum absolute atomic E-state index is 12.7. The molecule has 0 aliphatic rings. The van der Waals surface area contributed by atoms with Crippen LogP contribution < -0.4 is 4.72 Å². The lowest BCUT2D eigenvalue weighted by atomic mass is 9.91. The van der Waals surface area contributed by atoms with Gasteiger partial charge in [-0.1, -0.05) is 20.8 Å². The Hall–Kier alpha value is -0.940. The van der Waals surface area contributed by atoms with Gasteiger partial charge in [0.2, 0.25) is 10.0 Å². The van der Waals surface area contributed by atoms with Crippen molar-refractivity contribution in [2.24, 2.45) is 5.41 Å². The minimum atomic E-state index is -3.54. The van der Waals surface area contributed by atoms with Crippen molar-refractivity contribution < 1.29 is 12.8 Å². The maximum Gasteiger partial charge on any atom is 0.240 e. The van der Waals surface area contributed by atoms with Gasteiger partial charge in [-0.05, 0) is 36.1 Å². The Bertz CT molecular complexity index is 466. The fourth-order valence-corrected chi connectivity index (χ4v) is 2.35. The summed E-state index contributed by atoms with van der Waals surface area (Å²) < 4.78 is 39.0. The smallest absolute Gasteiger partial charge is 0.211 e. The van der Waals surface area contributed by atoms with Crippen LogP contribution in [0.2, 0.25) is 0 Å². The van der Waals surface area contributed by atoms with Crippen LogP contribution in [-0.4, -0.2) is 15.0 Å². The third-order valence-electron chi connectivity index (χ3n) is 2.82. The number of halogens is 1. The van der Waals surface area contributed by atoms with Gasteiger partial charge < -0.3 is 0 Å². The molecule has 0 saturated carbocycles. The summed E-state index contributed by atoms with van der Waals surface area (Å²) in [6.45, 7) is 6.34. The van der Waals surface area contributed by atoms with Crippen molar-refractivity contribution in [2.45, 2.75) is 32.1 Å². The van der Waals surface area contributed by atoms with Crippen molar-refractivity contribution in [1.82, 2.24) is 4.72 Å².